The molecule has 0 aromatic heterocycles. The van der Waals surface area contributed by atoms with Crippen LogP contribution in [0.5, 0.6) is 0 Å². The maximum atomic E-state index is 3.58. The Morgan fingerprint density at radius 3 is 2.67 bits per heavy atom. The quantitative estimate of drug-likeness (QED) is 0.544. The molecule has 9 heavy (non-hydrogen) atoms. The second-order valence-corrected chi connectivity index (χ2v) is 3.66. The summed E-state index contributed by atoms with van der Waals surface area (Å²) in [4.78, 5) is 0. The molecule has 0 aromatic rings. The van der Waals surface area contributed by atoms with Gasteiger partial charge < -0.3 is 0 Å². The fourth-order valence-corrected chi connectivity index (χ4v) is 1.01. The van der Waals surface area contributed by atoms with E-state index in [0.29, 0.717) is 0 Å². The van der Waals surface area contributed by atoms with Crippen LogP contribution in [-0.2, 0) is 0 Å². The second-order valence-electron chi connectivity index (χ2n) is 2.05. The van der Waals surface area contributed by atoms with Crippen LogP contribution in [0.1, 0.15) is 13.8 Å². The van der Waals surface area contributed by atoms with Crippen molar-refractivity contribution in [2.75, 3.05) is 5.75 Å². The molecule has 0 spiro atoms. The van der Waals surface area contributed by atoms with E-state index < -0.39 is 0 Å². The van der Waals surface area contributed by atoms with Gasteiger partial charge in [0.05, 0.1) is 0 Å². The van der Waals surface area contributed by atoms with Crippen LogP contribution in [0.4, 0.5) is 0 Å². The van der Waals surface area contributed by atoms with Gasteiger partial charge in [-0.1, -0.05) is 38.7 Å². The van der Waals surface area contributed by atoms with Crippen molar-refractivity contribution in [1.29, 1.82) is 0 Å². The molecule has 0 amide bonds. The van der Waals surface area contributed by atoms with Crippen LogP contribution in [0.2, 0.25) is 0 Å². The minimum Gasteiger partial charge on any atom is -0.155 e. The normalized spacial score (nSPS) is 11.0. The molecule has 0 N–H and O–H groups in total. The van der Waals surface area contributed by atoms with E-state index >= 15 is 0 Å². The lowest BCUT2D eigenvalue weighted by Crippen LogP contribution is -1.85. The van der Waals surface area contributed by atoms with Gasteiger partial charge in [0.2, 0.25) is 0 Å². The maximum absolute atomic E-state index is 3.58. The number of hydrogen-bond donors (Lipinski definition) is 0. The van der Waals surface area contributed by atoms with Crippen LogP contribution in [0.25, 0.3) is 0 Å². The van der Waals surface area contributed by atoms with E-state index in [1.807, 2.05) is 17.8 Å². The van der Waals surface area contributed by atoms with E-state index in [0.717, 1.165) is 11.0 Å². The third kappa shape index (κ3) is 7.83. The first-order valence-corrected chi connectivity index (χ1v) is 4.21. The molecular weight excluding hydrogens is 128 g/mol. The van der Waals surface area contributed by atoms with E-state index in [2.05, 4.69) is 26.5 Å². The van der Waals surface area contributed by atoms with Crippen LogP contribution >= 0.6 is 11.8 Å². The lowest BCUT2D eigenvalue weighted by atomic mass is 10.5. The molecule has 0 unspecified atom stereocenters. The first-order valence-electron chi connectivity index (χ1n) is 3.16. The molecule has 0 radical (unpaired) electrons. The maximum Gasteiger partial charge on any atom is 0.0118 e. The van der Waals surface area contributed by atoms with E-state index in [1.165, 1.54) is 0 Å². The molecule has 0 aliphatic rings. The van der Waals surface area contributed by atoms with Crippen LogP contribution in [0.3, 0.4) is 0 Å². The summed E-state index contributed by atoms with van der Waals surface area (Å²) in [7, 11) is 0. The van der Waals surface area contributed by atoms with Gasteiger partial charge in [0, 0.05) is 5.75 Å². The molecule has 0 heterocycles. The molecule has 0 saturated heterocycles. The van der Waals surface area contributed by atoms with Crippen molar-refractivity contribution in [2.24, 2.45) is 0 Å². The average Bonchev–Trinajstić information content (AvgIpc) is 1.80. The molecular formula is C8H14S. The number of thioether (sulfide) groups is 1. The SMILES string of the molecule is C=C/C=C/CSC(C)C. The van der Waals surface area contributed by atoms with Gasteiger partial charge in [-0.2, -0.15) is 11.8 Å². The van der Waals surface area contributed by atoms with Crippen molar-refractivity contribution in [2.45, 2.75) is 19.1 Å². The summed E-state index contributed by atoms with van der Waals surface area (Å²) in [6.45, 7) is 7.98. The molecule has 52 valence electrons. The van der Waals surface area contributed by atoms with Gasteiger partial charge in [-0.05, 0) is 5.25 Å². The monoisotopic (exact) mass is 142 g/mol. The predicted molar refractivity (Wildman–Crippen MR) is 46.9 cm³/mol. The third-order valence-electron chi connectivity index (χ3n) is 0.798. The number of allylic oxidation sites excluding steroid dienone is 2. The van der Waals surface area contributed by atoms with E-state index in [1.54, 1.807) is 6.08 Å². The molecule has 0 aromatic carbocycles. The van der Waals surface area contributed by atoms with Crippen molar-refractivity contribution in [3.63, 3.8) is 0 Å². The van der Waals surface area contributed by atoms with Crippen LogP contribution in [-0.4, -0.2) is 11.0 Å². The minimum atomic E-state index is 0.736. The number of rotatable bonds is 4. The first-order chi connectivity index (χ1) is 4.27. The summed E-state index contributed by atoms with van der Waals surface area (Å²) < 4.78 is 0. The summed E-state index contributed by atoms with van der Waals surface area (Å²) in [5.41, 5.74) is 0. The molecule has 0 rings (SSSR count). The smallest absolute Gasteiger partial charge is 0.0118 e. The van der Waals surface area contributed by atoms with Crippen molar-refractivity contribution in [3.05, 3.63) is 24.8 Å². The lowest BCUT2D eigenvalue weighted by molar-refractivity contribution is 1.11. The van der Waals surface area contributed by atoms with Gasteiger partial charge in [-0.3, -0.25) is 0 Å². The van der Waals surface area contributed by atoms with Crippen molar-refractivity contribution in [1.82, 2.24) is 0 Å². The Morgan fingerprint density at radius 1 is 1.56 bits per heavy atom. The molecule has 0 nitrogen and oxygen atoms in total. The first kappa shape index (κ1) is 8.83. The van der Waals surface area contributed by atoms with Crippen LogP contribution in [0.15, 0.2) is 24.8 Å². The Balaban J connectivity index is 3.08. The Hall–Kier alpha value is -0.170. The highest BCUT2D eigenvalue weighted by molar-refractivity contribution is 7.99. The van der Waals surface area contributed by atoms with E-state index in [9.17, 15) is 0 Å². The van der Waals surface area contributed by atoms with Crippen LogP contribution in [0, 0.1) is 0 Å². The van der Waals surface area contributed by atoms with Gasteiger partial charge >= 0.3 is 0 Å². The molecule has 1 heteroatoms. The third-order valence-corrected chi connectivity index (χ3v) is 1.85. The van der Waals surface area contributed by atoms with Gasteiger partial charge in [0.1, 0.15) is 0 Å². The molecule has 0 atom stereocenters. The fourth-order valence-electron chi connectivity index (χ4n) is 0.400. The summed E-state index contributed by atoms with van der Waals surface area (Å²) in [5.74, 6) is 1.10. The van der Waals surface area contributed by atoms with Crippen molar-refractivity contribution in [3.8, 4) is 0 Å². The summed E-state index contributed by atoms with van der Waals surface area (Å²) in [6, 6.07) is 0. The van der Waals surface area contributed by atoms with E-state index in [4.69, 9.17) is 0 Å². The highest BCUT2D eigenvalue weighted by Gasteiger charge is 1.87. The van der Waals surface area contributed by atoms with Crippen molar-refractivity contribution >= 4 is 11.8 Å². The highest BCUT2D eigenvalue weighted by atomic mass is 32.2. The molecule has 0 fully saturated rings. The number of hydrogen-bond acceptors (Lipinski definition) is 1. The van der Waals surface area contributed by atoms with Gasteiger partial charge in [0.15, 0.2) is 0 Å². The Morgan fingerprint density at radius 2 is 2.22 bits per heavy atom. The topological polar surface area (TPSA) is 0 Å². The zero-order valence-electron chi connectivity index (χ0n) is 6.13. The van der Waals surface area contributed by atoms with Gasteiger partial charge in [-0.15, -0.1) is 0 Å². The molecule has 0 saturated carbocycles. The minimum absolute atomic E-state index is 0.736. The molecule has 0 aliphatic carbocycles. The second kappa shape index (κ2) is 5.96. The Labute approximate surface area is 62.0 Å². The summed E-state index contributed by atoms with van der Waals surface area (Å²) in [5, 5.41) is 0.736. The lowest BCUT2D eigenvalue weighted by Gasteiger charge is -1.98. The zero-order chi connectivity index (χ0) is 7.11. The standard InChI is InChI=1S/C8H14S/c1-4-5-6-7-9-8(2)3/h4-6,8H,1,7H2,2-3H3/b6-5+. The van der Waals surface area contributed by atoms with Gasteiger partial charge in [-0.25, -0.2) is 0 Å². The van der Waals surface area contributed by atoms with Gasteiger partial charge in [0.25, 0.3) is 0 Å². The van der Waals surface area contributed by atoms with E-state index in [-0.39, 0.29) is 0 Å². The molecule has 0 aliphatic heterocycles. The zero-order valence-corrected chi connectivity index (χ0v) is 6.95. The largest absolute Gasteiger partial charge is 0.155 e. The van der Waals surface area contributed by atoms with Crippen molar-refractivity contribution < 1.29 is 0 Å². The summed E-state index contributed by atoms with van der Waals surface area (Å²) >= 11 is 1.94. The highest BCUT2D eigenvalue weighted by Crippen LogP contribution is 2.07. The average molecular weight is 142 g/mol. The Kier molecular flexibility index (Phi) is 5.85. The predicted octanol–water partition coefficient (Wildman–Crippen LogP) is 2.87. The molecule has 0 bridgehead atoms. The summed E-state index contributed by atoms with van der Waals surface area (Å²) in [6.07, 6.45) is 5.91. The fraction of sp³-hybridized carbons (Fsp3) is 0.500. The Bertz CT molecular complexity index is 92.7. The van der Waals surface area contributed by atoms with Crippen LogP contribution < -0.4 is 0 Å².